The van der Waals surface area contributed by atoms with Gasteiger partial charge in [0.2, 0.25) is 0 Å². The van der Waals surface area contributed by atoms with Crippen molar-refractivity contribution < 1.29 is 4.79 Å². The van der Waals surface area contributed by atoms with Gasteiger partial charge in [-0.3, -0.25) is 9.69 Å². The summed E-state index contributed by atoms with van der Waals surface area (Å²) in [7, 11) is 0. The van der Waals surface area contributed by atoms with Gasteiger partial charge in [-0.1, -0.05) is 38.8 Å². The summed E-state index contributed by atoms with van der Waals surface area (Å²) < 4.78 is 0. The lowest BCUT2D eigenvalue weighted by atomic mass is 10.1. The normalized spacial score (nSPS) is 16.5. The lowest BCUT2D eigenvalue weighted by Gasteiger charge is -2.19. The monoisotopic (exact) mass is 302 g/mol. The zero-order valence-electron chi connectivity index (χ0n) is 14.1. The highest BCUT2D eigenvalue weighted by Gasteiger charge is 2.10. The van der Waals surface area contributed by atoms with Crippen molar-refractivity contribution in [3.63, 3.8) is 0 Å². The molecule has 1 aliphatic heterocycles. The third kappa shape index (κ3) is 5.80. The molecule has 1 aromatic carbocycles. The molecule has 3 heteroatoms. The average Bonchev–Trinajstić information content (AvgIpc) is 2.76. The van der Waals surface area contributed by atoms with Crippen LogP contribution in [0.5, 0.6) is 0 Å². The van der Waals surface area contributed by atoms with E-state index in [1.54, 1.807) is 0 Å². The van der Waals surface area contributed by atoms with Crippen molar-refractivity contribution in [1.82, 2.24) is 10.2 Å². The number of benzene rings is 1. The van der Waals surface area contributed by atoms with Gasteiger partial charge in [-0.25, -0.2) is 0 Å². The van der Waals surface area contributed by atoms with E-state index in [9.17, 15) is 4.79 Å². The summed E-state index contributed by atoms with van der Waals surface area (Å²) in [4.78, 5) is 14.6. The molecule has 1 N–H and O–H groups in total. The predicted octanol–water partition coefficient (Wildman–Crippen LogP) is 3.84. The van der Waals surface area contributed by atoms with Gasteiger partial charge in [0.25, 0.3) is 5.91 Å². The average molecular weight is 302 g/mol. The van der Waals surface area contributed by atoms with Crippen molar-refractivity contribution in [2.75, 3.05) is 19.6 Å². The van der Waals surface area contributed by atoms with Crippen molar-refractivity contribution in [3.05, 3.63) is 35.4 Å². The van der Waals surface area contributed by atoms with Gasteiger partial charge < -0.3 is 5.32 Å². The van der Waals surface area contributed by atoms with Crippen molar-refractivity contribution >= 4 is 5.91 Å². The van der Waals surface area contributed by atoms with E-state index in [0.717, 1.165) is 25.1 Å². The van der Waals surface area contributed by atoms with Gasteiger partial charge in [0, 0.05) is 18.7 Å². The third-order valence-electron chi connectivity index (χ3n) is 4.33. The predicted molar refractivity (Wildman–Crippen MR) is 92.0 cm³/mol. The van der Waals surface area contributed by atoms with Crippen LogP contribution < -0.4 is 5.32 Å². The molecule has 0 bridgehead atoms. The van der Waals surface area contributed by atoms with Crippen LogP contribution in [-0.2, 0) is 6.54 Å². The summed E-state index contributed by atoms with van der Waals surface area (Å²) in [5.74, 6) is 0.665. The lowest BCUT2D eigenvalue weighted by Crippen LogP contribution is -2.25. The quantitative estimate of drug-likeness (QED) is 0.866. The zero-order valence-corrected chi connectivity index (χ0v) is 14.1. The van der Waals surface area contributed by atoms with Crippen LogP contribution in [0.2, 0.25) is 0 Å². The third-order valence-corrected chi connectivity index (χ3v) is 4.33. The number of carbonyl (C=O) groups excluding carboxylic acids is 1. The molecule has 0 aliphatic carbocycles. The largest absolute Gasteiger partial charge is 0.352 e. The maximum atomic E-state index is 12.1. The zero-order chi connectivity index (χ0) is 15.8. The number of nitrogens with zero attached hydrogens (tertiary/aromatic N) is 1. The highest BCUT2D eigenvalue weighted by atomic mass is 16.1. The number of likely N-dealkylation sites (tertiary alicyclic amines) is 1. The molecule has 1 saturated heterocycles. The van der Waals surface area contributed by atoms with Crippen LogP contribution in [0.4, 0.5) is 0 Å². The van der Waals surface area contributed by atoms with E-state index in [1.807, 2.05) is 12.1 Å². The van der Waals surface area contributed by atoms with Gasteiger partial charge in [0.1, 0.15) is 0 Å². The van der Waals surface area contributed by atoms with Crippen LogP contribution in [0.15, 0.2) is 24.3 Å². The minimum Gasteiger partial charge on any atom is -0.352 e. The maximum absolute atomic E-state index is 12.1. The summed E-state index contributed by atoms with van der Waals surface area (Å²) >= 11 is 0. The Labute approximate surface area is 135 Å². The molecule has 1 aromatic rings. The molecule has 122 valence electrons. The number of rotatable bonds is 6. The Morgan fingerprint density at radius 3 is 2.32 bits per heavy atom. The molecule has 1 aliphatic rings. The fourth-order valence-corrected chi connectivity index (χ4v) is 2.89. The molecule has 0 saturated carbocycles. The fraction of sp³-hybridized carbons (Fsp3) is 0.632. The van der Waals surface area contributed by atoms with Crippen LogP contribution in [-0.4, -0.2) is 30.4 Å². The summed E-state index contributed by atoms with van der Waals surface area (Å²) in [5.41, 5.74) is 2.07. The number of hydrogen-bond donors (Lipinski definition) is 1. The highest BCUT2D eigenvalue weighted by Crippen LogP contribution is 2.14. The van der Waals surface area contributed by atoms with E-state index in [1.165, 1.54) is 44.3 Å². The van der Waals surface area contributed by atoms with E-state index in [2.05, 4.69) is 36.2 Å². The summed E-state index contributed by atoms with van der Waals surface area (Å²) in [6.45, 7) is 8.52. The van der Waals surface area contributed by atoms with Gasteiger partial charge in [0.05, 0.1) is 0 Å². The van der Waals surface area contributed by atoms with Crippen LogP contribution >= 0.6 is 0 Å². The summed E-state index contributed by atoms with van der Waals surface area (Å²) in [6, 6.07) is 8.11. The molecule has 0 radical (unpaired) electrons. The number of carbonyl (C=O) groups is 1. The molecule has 1 heterocycles. The van der Waals surface area contributed by atoms with E-state index < -0.39 is 0 Å². The van der Waals surface area contributed by atoms with Gasteiger partial charge in [-0.2, -0.15) is 0 Å². The Balaban J connectivity index is 1.82. The fourth-order valence-electron chi connectivity index (χ4n) is 2.89. The van der Waals surface area contributed by atoms with Crippen LogP contribution in [0.3, 0.4) is 0 Å². The molecule has 3 nitrogen and oxygen atoms in total. The molecule has 0 aromatic heterocycles. The molecule has 22 heavy (non-hydrogen) atoms. The number of nitrogens with one attached hydrogen (secondary N) is 1. The first-order chi connectivity index (χ1) is 10.6. The van der Waals surface area contributed by atoms with E-state index in [-0.39, 0.29) is 5.91 Å². The topological polar surface area (TPSA) is 32.3 Å². The summed E-state index contributed by atoms with van der Waals surface area (Å²) in [5, 5.41) is 2.99. The molecule has 1 amide bonds. The second kappa shape index (κ2) is 8.94. The molecular weight excluding hydrogens is 272 g/mol. The number of hydrogen-bond acceptors (Lipinski definition) is 2. The van der Waals surface area contributed by atoms with Crippen molar-refractivity contribution in [2.45, 2.75) is 52.5 Å². The first-order valence-electron chi connectivity index (χ1n) is 8.74. The Morgan fingerprint density at radius 1 is 1.09 bits per heavy atom. The van der Waals surface area contributed by atoms with Crippen LogP contribution in [0, 0.1) is 5.92 Å². The van der Waals surface area contributed by atoms with Crippen molar-refractivity contribution in [3.8, 4) is 0 Å². The summed E-state index contributed by atoms with van der Waals surface area (Å²) in [6.07, 6.45) is 6.39. The van der Waals surface area contributed by atoms with Crippen LogP contribution in [0.25, 0.3) is 0 Å². The second-order valence-electron chi connectivity index (χ2n) is 6.83. The molecular formula is C19H30N2O. The molecule has 2 rings (SSSR count). The van der Waals surface area contributed by atoms with E-state index >= 15 is 0 Å². The first-order valence-corrected chi connectivity index (χ1v) is 8.74. The van der Waals surface area contributed by atoms with E-state index in [0.29, 0.717) is 5.92 Å². The first kappa shape index (κ1) is 17.0. The molecule has 0 spiro atoms. The minimum absolute atomic E-state index is 0.0435. The maximum Gasteiger partial charge on any atom is 0.251 e. The van der Waals surface area contributed by atoms with Crippen molar-refractivity contribution in [1.29, 1.82) is 0 Å². The standard InChI is InChI=1S/C19H30N2O/c1-16(2)11-12-20-19(22)18-9-7-17(8-10-18)15-21-13-5-3-4-6-14-21/h7-10,16H,3-6,11-15H2,1-2H3,(H,20,22). The van der Waals surface area contributed by atoms with Gasteiger partial charge >= 0.3 is 0 Å². The molecule has 1 fully saturated rings. The van der Waals surface area contributed by atoms with Crippen molar-refractivity contribution in [2.24, 2.45) is 5.92 Å². The molecule has 0 unspecified atom stereocenters. The Morgan fingerprint density at radius 2 is 1.73 bits per heavy atom. The minimum atomic E-state index is 0.0435. The lowest BCUT2D eigenvalue weighted by molar-refractivity contribution is 0.0952. The van der Waals surface area contributed by atoms with Crippen LogP contribution in [0.1, 0.15) is 61.9 Å². The smallest absolute Gasteiger partial charge is 0.251 e. The Bertz CT molecular complexity index is 445. The Kier molecular flexibility index (Phi) is 6.91. The number of amides is 1. The van der Waals surface area contributed by atoms with Gasteiger partial charge in [-0.05, 0) is 56.0 Å². The Hall–Kier alpha value is -1.35. The SMILES string of the molecule is CC(C)CCNC(=O)c1ccc(CN2CCCCCC2)cc1. The van der Waals surface area contributed by atoms with E-state index in [4.69, 9.17) is 0 Å². The van der Waals surface area contributed by atoms with Gasteiger partial charge in [0.15, 0.2) is 0 Å². The van der Waals surface area contributed by atoms with Gasteiger partial charge in [-0.15, -0.1) is 0 Å². The highest BCUT2D eigenvalue weighted by molar-refractivity contribution is 5.94. The second-order valence-corrected chi connectivity index (χ2v) is 6.83. The molecule has 0 atom stereocenters.